The molecule has 2 rings (SSSR count). The van der Waals surface area contributed by atoms with E-state index in [1.165, 1.54) is 29.4 Å². The fraction of sp³-hybridized carbons (Fsp3) is 0.462. The highest BCUT2D eigenvalue weighted by atomic mass is 15.1. The molecule has 0 spiro atoms. The molecule has 0 aliphatic carbocycles. The molecule has 2 aromatic rings. The fourth-order valence-electron chi connectivity index (χ4n) is 2.30. The van der Waals surface area contributed by atoms with Crippen molar-refractivity contribution in [3.8, 4) is 0 Å². The zero-order valence-electron chi connectivity index (χ0n) is 9.67. The topological polar surface area (TPSA) is 28.7 Å². The highest BCUT2D eigenvalue weighted by molar-refractivity contribution is 5.82. The number of aryl methyl sites for hydroxylation is 1. The summed E-state index contributed by atoms with van der Waals surface area (Å²) in [5.74, 6) is 0.647. The van der Waals surface area contributed by atoms with Gasteiger partial charge >= 0.3 is 0 Å². The molecule has 0 bridgehead atoms. The predicted molar refractivity (Wildman–Crippen MR) is 64.2 cm³/mol. The summed E-state index contributed by atoms with van der Waals surface area (Å²) < 4.78 is 0. The molecule has 1 aromatic heterocycles. The van der Waals surface area contributed by atoms with Crippen LogP contribution in [0, 0.1) is 6.92 Å². The predicted octanol–water partition coefficient (Wildman–Crippen LogP) is 3.77. The third kappa shape index (κ3) is 1.76. The summed E-state index contributed by atoms with van der Waals surface area (Å²) in [6.07, 6.45) is 4.42. The summed E-state index contributed by atoms with van der Waals surface area (Å²) in [5, 5.41) is 8.35. The minimum absolute atomic E-state index is 0.647. The van der Waals surface area contributed by atoms with Gasteiger partial charge in [0.15, 0.2) is 0 Å². The Balaban J connectivity index is 2.47. The Kier molecular flexibility index (Phi) is 2.76. The molecular formula is C13H18N2. The number of rotatable bonds is 3. The lowest BCUT2D eigenvalue weighted by Gasteiger charge is -2.14. The lowest BCUT2D eigenvalue weighted by atomic mass is 9.91. The number of nitrogens with one attached hydrogen (secondary N) is 1. The van der Waals surface area contributed by atoms with E-state index < -0.39 is 0 Å². The fourth-order valence-corrected chi connectivity index (χ4v) is 2.30. The first-order chi connectivity index (χ1) is 7.24. The van der Waals surface area contributed by atoms with Gasteiger partial charge < -0.3 is 0 Å². The average molecular weight is 202 g/mol. The molecule has 0 saturated heterocycles. The average Bonchev–Trinajstić information content (AvgIpc) is 2.67. The zero-order valence-corrected chi connectivity index (χ0v) is 9.67. The van der Waals surface area contributed by atoms with Crippen LogP contribution in [0.25, 0.3) is 10.9 Å². The van der Waals surface area contributed by atoms with Crippen molar-refractivity contribution in [3.05, 3.63) is 29.5 Å². The molecule has 0 saturated carbocycles. The number of benzene rings is 1. The van der Waals surface area contributed by atoms with Gasteiger partial charge in [-0.2, -0.15) is 5.10 Å². The van der Waals surface area contributed by atoms with Gasteiger partial charge in [-0.3, -0.25) is 5.10 Å². The SMILES string of the molecule is CCCC(C)c1ccc2[nH]ncc2c1C. The Bertz CT molecular complexity index is 457. The van der Waals surface area contributed by atoms with Crippen molar-refractivity contribution in [1.29, 1.82) is 0 Å². The molecule has 0 radical (unpaired) electrons. The quantitative estimate of drug-likeness (QED) is 0.806. The second kappa shape index (κ2) is 4.05. The largest absolute Gasteiger partial charge is 0.278 e. The summed E-state index contributed by atoms with van der Waals surface area (Å²) in [6.45, 7) is 6.74. The third-order valence-corrected chi connectivity index (χ3v) is 3.19. The number of hydrogen-bond donors (Lipinski definition) is 1. The Morgan fingerprint density at radius 2 is 2.20 bits per heavy atom. The van der Waals surface area contributed by atoms with Crippen molar-refractivity contribution in [1.82, 2.24) is 10.2 Å². The van der Waals surface area contributed by atoms with Crippen LogP contribution in [0.4, 0.5) is 0 Å². The van der Waals surface area contributed by atoms with Gasteiger partial charge in [-0.1, -0.05) is 26.3 Å². The highest BCUT2D eigenvalue weighted by Crippen LogP contribution is 2.28. The van der Waals surface area contributed by atoms with Crippen LogP contribution < -0.4 is 0 Å². The van der Waals surface area contributed by atoms with Crippen LogP contribution in [0.2, 0.25) is 0 Å². The summed E-state index contributed by atoms with van der Waals surface area (Å²) in [7, 11) is 0. The van der Waals surface area contributed by atoms with Crippen LogP contribution in [0.15, 0.2) is 18.3 Å². The molecule has 0 aliphatic heterocycles. The van der Waals surface area contributed by atoms with E-state index >= 15 is 0 Å². The molecule has 1 N–H and O–H groups in total. The van der Waals surface area contributed by atoms with Crippen molar-refractivity contribution in [3.63, 3.8) is 0 Å². The van der Waals surface area contributed by atoms with Gasteiger partial charge in [0, 0.05) is 5.39 Å². The molecule has 1 aromatic carbocycles. The maximum absolute atomic E-state index is 4.08. The Hall–Kier alpha value is -1.31. The highest BCUT2D eigenvalue weighted by Gasteiger charge is 2.10. The van der Waals surface area contributed by atoms with E-state index in [2.05, 4.69) is 43.1 Å². The lowest BCUT2D eigenvalue weighted by molar-refractivity contribution is 0.662. The first kappa shape index (κ1) is 10.2. The summed E-state index contributed by atoms with van der Waals surface area (Å²) in [4.78, 5) is 0. The van der Waals surface area contributed by atoms with Gasteiger partial charge in [-0.15, -0.1) is 0 Å². The number of H-pyrrole nitrogens is 1. The van der Waals surface area contributed by atoms with Crippen molar-refractivity contribution in [2.45, 2.75) is 39.5 Å². The third-order valence-electron chi connectivity index (χ3n) is 3.19. The van der Waals surface area contributed by atoms with E-state index in [4.69, 9.17) is 0 Å². The maximum atomic E-state index is 4.08. The standard InChI is InChI=1S/C13H18N2/c1-4-5-9(2)11-6-7-13-12(10(11)3)8-14-15-13/h6-9H,4-5H2,1-3H3,(H,14,15). The van der Waals surface area contributed by atoms with E-state index in [0.717, 1.165) is 5.52 Å². The lowest BCUT2D eigenvalue weighted by Crippen LogP contribution is -1.96. The van der Waals surface area contributed by atoms with Crippen LogP contribution in [0.3, 0.4) is 0 Å². The number of hydrogen-bond acceptors (Lipinski definition) is 1. The first-order valence-corrected chi connectivity index (χ1v) is 5.66. The van der Waals surface area contributed by atoms with Gasteiger partial charge in [0.1, 0.15) is 0 Å². The van der Waals surface area contributed by atoms with E-state index in [0.29, 0.717) is 5.92 Å². The zero-order chi connectivity index (χ0) is 10.8. The van der Waals surface area contributed by atoms with Gasteiger partial charge in [-0.05, 0) is 36.5 Å². The van der Waals surface area contributed by atoms with Crippen molar-refractivity contribution in [2.75, 3.05) is 0 Å². The van der Waals surface area contributed by atoms with E-state index in [9.17, 15) is 0 Å². The van der Waals surface area contributed by atoms with Crippen molar-refractivity contribution in [2.24, 2.45) is 0 Å². The van der Waals surface area contributed by atoms with Crippen LogP contribution in [0.1, 0.15) is 43.7 Å². The molecule has 1 unspecified atom stereocenters. The molecule has 0 fully saturated rings. The number of nitrogens with zero attached hydrogens (tertiary/aromatic N) is 1. The molecule has 0 aliphatic rings. The number of aromatic amines is 1. The Morgan fingerprint density at radius 1 is 1.40 bits per heavy atom. The van der Waals surface area contributed by atoms with Gasteiger partial charge in [-0.25, -0.2) is 0 Å². The first-order valence-electron chi connectivity index (χ1n) is 5.66. The van der Waals surface area contributed by atoms with Crippen molar-refractivity contribution < 1.29 is 0 Å². The summed E-state index contributed by atoms with van der Waals surface area (Å²) in [6, 6.07) is 4.37. The van der Waals surface area contributed by atoms with Crippen molar-refractivity contribution >= 4 is 10.9 Å². The smallest absolute Gasteiger partial charge is 0.0653 e. The number of fused-ring (bicyclic) bond motifs is 1. The normalized spacial score (nSPS) is 13.3. The second-order valence-electron chi connectivity index (χ2n) is 4.30. The summed E-state index contributed by atoms with van der Waals surface area (Å²) in [5.41, 5.74) is 3.98. The van der Waals surface area contributed by atoms with Gasteiger partial charge in [0.2, 0.25) is 0 Å². The molecule has 0 amide bonds. The molecular weight excluding hydrogens is 184 g/mol. The second-order valence-corrected chi connectivity index (χ2v) is 4.30. The van der Waals surface area contributed by atoms with Crippen LogP contribution in [-0.2, 0) is 0 Å². The van der Waals surface area contributed by atoms with E-state index in [1.807, 2.05) is 6.20 Å². The minimum Gasteiger partial charge on any atom is -0.278 e. The van der Waals surface area contributed by atoms with Gasteiger partial charge in [0.25, 0.3) is 0 Å². The van der Waals surface area contributed by atoms with Crippen LogP contribution >= 0.6 is 0 Å². The molecule has 80 valence electrons. The monoisotopic (exact) mass is 202 g/mol. The van der Waals surface area contributed by atoms with E-state index in [1.54, 1.807) is 0 Å². The Labute approximate surface area is 90.7 Å². The molecule has 2 nitrogen and oxygen atoms in total. The molecule has 2 heteroatoms. The molecule has 1 atom stereocenters. The van der Waals surface area contributed by atoms with E-state index in [-0.39, 0.29) is 0 Å². The number of aromatic nitrogens is 2. The van der Waals surface area contributed by atoms with Crippen LogP contribution in [0.5, 0.6) is 0 Å². The molecule has 1 heterocycles. The minimum atomic E-state index is 0.647. The van der Waals surface area contributed by atoms with Gasteiger partial charge in [0.05, 0.1) is 11.7 Å². The van der Waals surface area contributed by atoms with Crippen LogP contribution in [-0.4, -0.2) is 10.2 Å². The maximum Gasteiger partial charge on any atom is 0.0653 e. The molecule has 15 heavy (non-hydrogen) atoms. The Morgan fingerprint density at radius 3 is 2.93 bits per heavy atom. The summed E-state index contributed by atoms with van der Waals surface area (Å²) >= 11 is 0.